The zero-order chi connectivity index (χ0) is 18.0. The molecule has 1 aromatic carbocycles. The second-order valence-corrected chi connectivity index (χ2v) is 5.60. The van der Waals surface area contributed by atoms with Crippen LogP contribution in [0.2, 0.25) is 0 Å². The average Bonchev–Trinajstić information content (AvgIpc) is 2.94. The standard InChI is InChI=1S/C17H15F2N3O3/c1-9(8-24-15-4-3-12(18)6-14(15)19)21-16(23)11-5-13-10(2)22-25-17(13)20-7-11/h3-7,9H,8H2,1-2H3,(H,21,23)/t9-/m0/s1. The number of halogens is 2. The lowest BCUT2D eigenvalue weighted by Crippen LogP contribution is -2.36. The number of fused-ring (bicyclic) bond motifs is 1. The Bertz CT molecular complexity index is 927. The third kappa shape index (κ3) is 3.73. The number of carbonyl (C=O) groups excluding carboxylic acids is 1. The van der Waals surface area contributed by atoms with Gasteiger partial charge in [-0.2, -0.15) is 0 Å². The molecule has 0 bridgehead atoms. The zero-order valence-corrected chi connectivity index (χ0v) is 13.5. The fraction of sp³-hybridized carbons (Fsp3) is 0.235. The number of aromatic nitrogens is 2. The molecule has 0 saturated heterocycles. The van der Waals surface area contributed by atoms with Crippen LogP contribution in [0.5, 0.6) is 5.75 Å². The zero-order valence-electron chi connectivity index (χ0n) is 13.5. The van der Waals surface area contributed by atoms with Crippen LogP contribution in [0.4, 0.5) is 8.78 Å². The molecule has 0 fully saturated rings. The summed E-state index contributed by atoms with van der Waals surface area (Å²) < 4.78 is 36.6. The Morgan fingerprint density at radius 2 is 2.16 bits per heavy atom. The number of rotatable bonds is 5. The van der Waals surface area contributed by atoms with E-state index in [1.54, 1.807) is 19.9 Å². The molecule has 0 saturated carbocycles. The smallest absolute Gasteiger partial charge is 0.257 e. The molecule has 0 unspecified atom stereocenters. The number of hydrogen-bond donors (Lipinski definition) is 1. The normalized spacial score (nSPS) is 12.2. The van der Waals surface area contributed by atoms with E-state index in [0.29, 0.717) is 22.4 Å². The molecule has 3 aromatic rings. The van der Waals surface area contributed by atoms with Gasteiger partial charge < -0.3 is 14.6 Å². The van der Waals surface area contributed by atoms with Crippen LogP contribution in [0.15, 0.2) is 35.0 Å². The third-order valence-electron chi connectivity index (χ3n) is 3.53. The van der Waals surface area contributed by atoms with Gasteiger partial charge in [0, 0.05) is 12.3 Å². The summed E-state index contributed by atoms with van der Waals surface area (Å²) in [5.41, 5.74) is 1.34. The summed E-state index contributed by atoms with van der Waals surface area (Å²) in [6, 6.07) is 4.27. The monoisotopic (exact) mass is 347 g/mol. The lowest BCUT2D eigenvalue weighted by molar-refractivity contribution is 0.0926. The van der Waals surface area contributed by atoms with E-state index < -0.39 is 17.7 Å². The highest BCUT2D eigenvalue weighted by Gasteiger charge is 2.15. The van der Waals surface area contributed by atoms with Gasteiger partial charge in [-0.15, -0.1) is 0 Å². The van der Waals surface area contributed by atoms with E-state index in [9.17, 15) is 13.6 Å². The van der Waals surface area contributed by atoms with Crippen LogP contribution in [0, 0.1) is 18.6 Å². The Morgan fingerprint density at radius 3 is 2.92 bits per heavy atom. The van der Waals surface area contributed by atoms with Gasteiger partial charge in [-0.1, -0.05) is 5.16 Å². The molecule has 3 rings (SSSR count). The molecule has 0 radical (unpaired) electrons. The second kappa shape index (κ2) is 6.84. The summed E-state index contributed by atoms with van der Waals surface area (Å²) in [5, 5.41) is 7.16. The molecular weight excluding hydrogens is 332 g/mol. The number of pyridine rings is 1. The van der Waals surface area contributed by atoms with Crippen LogP contribution in [0.3, 0.4) is 0 Å². The van der Waals surface area contributed by atoms with Crippen molar-refractivity contribution in [1.29, 1.82) is 0 Å². The first-order chi connectivity index (χ1) is 11.9. The highest BCUT2D eigenvalue weighted by Crippen LogP contribution is 2.18. The average molecular weight is 347 g/mol. The SMILES string of the molecule is Cc1noc2ncc(C(=O)N[C@@H](C)COc3ccc(F)cc3F)cc12. The number of nitrogens with zero attached hydrogens (tertiary/aromatic N) is 2. The van der Waals surface area contributed by atoms with Crippen molar-refractivity contribution < 1.29 is 22.8 Å². The van der Waals surface area contributed by atoms with Crippen molar-refractivity contribution >= 4 is 17.0 Å². The largest absolute Gasteiger partial charge is 0.488 e. The van der Waals surface area contributed by atoms with Gasteiger partial charge in [-0.25, -0.2) is 13.8 Å². The highest BCUT2D eigenvalue weighted by atomic mass is 19.1. The van der Waals surface area contributed by atoms with Crippen LogP contribution >= 0.6 is 0 Å². The van der Waals surface area contributed by atoms with Crippen LogP contribution in [-0.4, -0.2) is 28.7 Å². The topological polar surface area (TPSA) is 77.2 Å². The maximum Gasteiger partial charge on any atom is 0.257 e. The van der Waals surface area contributed by atoms with Crippen molar-refractivity contribution in [2.75, 3.05) is 6.61 Å². The lowest BCUT2D eigenvalue weighted by Gasteiger charge is -2.15. The fourth-order valence-corrected chi connectivity index (χ4v) is 2.23. The van der Waals surface area contributed by atoms with Gasteiger partial charge in [0.05, 0.1) is 22.7 Å². The van der Waals surface area contributed by atoms with E-state index >= 15 is 0 Å². The minimum Gasteiger partial charge on any atom is -0.488 e. The van der Waals surface area contributed by atoms with E-state index in [4.69, 9.17) is 9.26 Å². The summed E-state index contributed by atoms with van der Waals surface area (Å²) in [6.45, 7) is 3.48. The molecular formula is C17H15F2N3O3. The Balaban J connectivity index is 1.62. The first-order valence-corrected chi connectivity index (χ1v) is 7.55. The Hall–Kier alpha value is -3.03. The van der Waals surface area contributed by atoms with Gasteiger partial charge in [-0.3, -0.25) is 4.79 Å². The number of ether oxygens (including phenoxy) is 1. The van der Waals surface area contributed by atoms with Crippen molar-refractivity contribution in [3.63, 3.8) is 0 Å². The molecule has 130 valence electrons. The Kier molecular flexibility index (Phi) is 4.60. The molecule has 0 aliphatic rings. The second-order valence-electron chi connectivity index (χ2n) is 5.60. The first kappa shape index (κ1) is 16.8. The molecule has 2 aromatic heterocycles. The number of benzene rings is 1. The minimum absolute atomic E-state index is 0.0241. The molecule has 8 heteroatoms. The van der Waals surface area contributed by atoms with E-state index in [-0.39, 0.29) is 18.3 Å². The molecule has 2 heterocycles. The lowest BCUT2D eigenvalue weighted by atomic mass is 10.2. The molecule has 0 spiro atoms. The predicted molar refractivity (Wildman–Crippen MR) is 85.3 cm³/mol. The predicted octanol–water partition coefficient (Wildman–Crippen LogP) is 3.01. The molecule has 1 N–H and O–H groups in total. The Morgan fingerprint density at radius 1 is 1.36 bits per heavy atom. The minimum atomic E-state index is -0.795. The molecule has 1 amide bonds. The molecule has 6 nitrogen and oxygen atoms in total. The quantitative estimate of drug-likeness (QED) is 0.768. The number of aryl methyl sites for hydroxylation is 1. The summed E-state index contributed by atoms with van der Waals surface area (Å²) in [4.78, 5) is 16.3. The van der Waals surface area contributed by atoms with Crippen molar-refractivity contribution in [3.8, 4) is 5.75 Å². The fourth-order valence-electron chi connectivity index (χ4n) is 2.23. The maximum absolute atomic E-state index is 13.5. The van der Waals surface area contributed by atoms with Crippen LogP contribution in [-0.2, 0) is 0 Å². The van der Waals surface area contributed by atoms with Crippen molar-refractivity contribution in [3.05, 3.63) is 53.4 Å². The summed E-state index contributed by atoms with van der Waals surface area (Å²) >= 11 is 0. The van der Waals surface area contributed by atoms with Crippen LogP contribution < -0.4 is 10.1 Å². The summed E-state index contributed by atoms with van der Waals surface area (Å²) in [5.74, 6) is -1.91. The van der Waals surface area contributed by atoms with Crippen molar-refractivity contribution in [2.45, 2.75) is 19.9 Å². The van der Waals surface area contributed by atoms with Crippen LogP contribution in [0.25, 0.3) is 11.1 Å². The number of amides is 1. The van der Waals surface area contributed by atoms with Gasteiger partial charge in [-0.05, 0) is 32.0 Å². The van der Waals surface area contributed by atoms with Crippen LogP contribution in [0.1, 0.15) is 23.0 Å². The van der Waals surface area contributed by atoms with Gasteiger partial charge in [0.15, 0.2) is 11.6 Å². The number of carbonyl (C=O) groups is 1. The van der Waals surface area contributed by atoms with Gasteiger partial charge in [0.2, 0.25) is 0 Å². The number of hydrogen-bond acceptors (Lipinski definition) is 5. The third-order valence-corrected chi connectivity index (χ3v) is 3.53. The molecule has 25 heavy (non-hydrogen) atoms. The van der Waals surface area contributed by atoms with Crippen molar-refractivity contribution in [2.24, 2.45) is 0 Å². The molecule has 1 atom stereocenters. The number of nitrogens with one attached hydrogen (secondary N) is 1. The van der Waals surface area contributed by atoms with Gasteiger partial charge >= 0.3 is 0 Å². The summed E-state index contributed by atoms with van der Waals surface area (Å²) in [7, 11) is 0. The van der Waals surface area contributed by atoms with Gasteiger partial charge in [0.1, 0.15) is 12.4 Å². The highest BCUT2D eigenvalue weighted by molar-refractivity contribution is 5.97. The Labute approximate surface area is 141 Å². The van der Waals surface area contributed by atoms with Gasteiger partial charge in [0.25, 0.3) is 11.6 Å². The van der Waals surface area contributed by atoms with E-state index in [0.717, 1.165) is 12.1 Å². The van der Waals surface area contributed by atoms with E-state index in [1.165, 1.54) is 12.3 Å². The summed E-state index contributed by atoms with van der Waals surface area (Å²) in [6.07, 6.45) is 1.38. The first-order valence-electron chi connectivity index (χ1n) is 7.55. The molecule has 0 aliphatic carbocycles. The molecule has 0 aliphatic heterocycles. The van der Waals surface area contributed by atoms with Crippen molar-refractivity contribution in [1.82, 2.24) is 15.5 Å². The maximum atomic E-state index is 13.5. The van der Waals surface area contributed by atoms with E-state index in [2.05, 4.69) is 15.5 Å². The van der Waals surface area contributed by atoms with E-state index in [1.807, 2.05) is 0 Å².